The lowest BCUT2D eigenvalue weighted by molar-refractivity contribution is 0.0977. The number of carbonyl (C=O) groups is 1. The first-order valence-corrected chi connectivity index (χ1v) is 12.6. The fraction of sp³-hybridized carbons (Fsp3) is 0.259. The lowest BCUT2D eigenvalue weighted by Crippen LogP contribution is -2.34. The molecule has 7 nitrogen and oxygen atoms in total. The number of thiocarbonyl (C=S) groups is 1. The maximum Gasteiger partial charge on any atom is 0.257 e. The number of aryl methyl sites for hydroxylation is 3. The SMILES string of the molecule is CCN(CC)c1ccc(-n2nc3cc(C)c(NC(=S)NC(=O)c4ccc(C)c(Cl)c4)cc3n2)c(C)c1. The van der Waals surface area contributed by atoms with Crippen LogP contribution in [0.2, 0.25) is 5.02 Å². The van der Waals surface area contributed by atoms with Gasteiger partial charge in [0.25, 0.3) is 5.91 Å². The largest absolute Gasteiger partial charge is 0.372 e. The van der Waals surface area contributed by atoms with Crippen molar-refractivity contribution in [2.24, 2.45) is 0 Å². The molecule has 0 aliphatic rings. The molecule has 0 aliphatic carbocycles. The van der Waals surface area contributed by atoms with Gasteiger partial charge in [-0.25, -0.2) is 0 Å². The number of nitrogens with zero attached hydrogens (tertiary/aromatic N) is 4. The molecule has 0 unspecified atom stereocenters. The number of anilines is 2. The molecule has 4 rings (SSSR count). The zero-order valence-electron chi connectivity index (χ0n) is 21.0. The van der Waals surface area contributed by atoms with Crippen molar-refractivity contribution in [3.05, 3.63) is 75.8 Å². The molecule has 0 spiro atoms. The number of halogens is 1. The van der Waals surface area contributed by atoms with E-state index in [1.54, 1.807) is 23.0 Å². The number of carbonyl (C=O) groups excluding carboxylic acids is 1. The first kappa shape index (κ1) is 25.6. The molecule has 9 heteroatoms. The van der Waals surface area contributed by atoms with Crippen LogP contribution in [0.4, 0.5) is 11.4 Å². The monoisotopic (exact) mass is 520 g/mol. The summed E-state index contributed by atoms with van der Waals surface area (Å²) in [6.45, 7) is 12.1. The molecule has 0 saturated heterocycles. The Kier molecular flexibility index (Phi) is 7.56. The lowest BCUT2D eigenvalue weighted by Gasteiger charge is -2.22. The van der Waals surface area contributed by atoms with Crippen molar-refractivity contribution in [2.75, 3.05) is 23.3 Å². The summed E-state index contributed by atoms with van der Waals surface area (Å²) in [5.41, 5.74) is 7.71. The van der Waals surface area contributed by atoms with Crippen molar-refractivity contribution in [3.63, 3.8) is 0 Å². The highest BCUT2D eigenvalue weighted by molar-refractivity contribution is 7.80. The minimum absolute atomic E-state index is 0.189. The van der Waals surface area contributed by atoms with Gasteiger partial charge in [-0.2, -0.15) is 4.80 Å². The molecule has 2 N–H and O–H groups in total. The van der Waals surface area contributed by atoms with Crippen LogP contribution in [0.5, 0.6) is 0 Å². The first-order chi connectivity index (χ1) is 17.2. The number of hydrogen-bond acceptors (Lipinski definition) is 5. The second-order valence-electron chi connectivity index (χ2n) is 8.66. The van der Waals surface area contributed by atoms with E-state index in [1.807, 2.05) is 26.0 Å². The molecule has 0 aliphatic heterocycles. The molecule has 0 fully saturated rings. The summed E-state index contributed by atoms with van der Waals surface area (Å²) >= 11 is 11.5. The first-order valence-electron chi connectivity index (χ1n) is 11.8. The molecule has 0 saturated carbocycles. The third-order valence-electron chi connectivity index (χ3n) is 6.16. The zero-order valence-corrected chi connectivity index (χ0v) is 22.6. The number of fused-ring (bicyclic) bond motifs is 1. The number of hydrogen-bond donors (Lipinski definition) is 2. The van der Waals surface area contributed by atoms with Crippen molar-refractivity contribution >= 4 is 57.2 Å². The van der Waals surface area contributed by atoms with Crippen LogP contribution in [0.15, 0.2) is 48.5 Å². The molecular weight excluding hydrogens is 492 g/mol. The van der Waals surface area contributed by atoms with Crippen LogP contribution in [0.1, 0.15) is 40.9 Å². The Morgan fingerprint density at radius 2 is 1.64 bits per heavy atom. The van der Waals surface area contributed by atoms with E-state index in [2.05, 4.69) is 54.5 Å². The van der Waals surface area contributed by atoms with Gasteiger partial charge in [0.1, 0.15) is 11.0 Å². The molecule has 1 amide bonds. The van der Waals surface area contributed by atoms with Gasteiger partial charge in [0, 0.05) is 35.1 Å². The molecule has 0 radical (unpaired) electrons. The van der Waals surface area contributed by atoms with Gasteiger partial charge >= 0.3 is 0 Å². The van der Waals surface area contributed by atoms with E-state index < -0.39 is 0 Å². The third kappa shape index (κ3) is 5.34. The van der Waals surface area contributed by atoms with Gasteiger partial charge in [-0.15, -0.1) is 10.2 Å². The van der Waals surface area contributed by atoms with Crippen LogP contribution in [0.25, 0.3) is 16.7 Å². The van der Waals surface area contributed by atoms with Gasteiger partial charge in [-0.1, -0.05) is 17.7 Å². The zero-order chi connectivity index (χ0) is 26.0. The molecule has 0 atom stereocenters. The number of amides is 1. The maximum atomic E-state index is 12.6. The average Bonchev–Trinajstić information content (AvgIpc) is 3.24. The van der Waals surface area contributed by atoms with E-state index in [0.717, 1.165) is 52.2 Å². The quantitative estimate of drug-likeness (QED) is 0.305. The second kappa shape index (κ2) is 10.6. The second-order valence-corrected chi connectivity index (χ2v) is 9.48. The minimum atomic E-state index is -0.331. The Labute approximate surface area is 221 Å². The van der Waals surface area contributed by atoms with E-state index in [1.165, 1.54) is 5.69 Å². The Morgan fingerprint density at radius 1 is 0.944 bits per heavy atom. The average molecular weight is 521 g/mol. The number of rotatable bonds is 6. The summed E-state index contributed by atoms with van der Waals surface area (Å²) in [6.07, 6.45) is 0. The van der Waals surface area contributed by atoms with Gasteiger partial charge in [0.05, 0.1) is 5.69 Å². The molecule has 186 valence electrons. The summed E-state index contributed by atoms with van der Waals surface area (Å²) in [4.78, 5) is 16.5. The summed E-state index contributed by atoms with van der Waals surface area (Å²) in [5.74, 6) is -0.331. The Morgan fingerprint density at radius 3 is 2.28 bits per heavy atom. The third-order valence-corrected chi connectivity index (χ3v) is 6.77. The molecule has 36 heavy (non-hydrogen) atoms. The molecule has 1 heterocycles. The van der Waals surface area contributed by atoms with Gasteiger partial charge in [-0.05, 0) is 106 Å². The van der Waals surface area contributed by atoms with Crippen LogP contribution in [0, 0.1) is 20.8 Å². The van der Waals surface area contributed by atoms with Crippen LogP contribution in [-0.2, 0) is 0 Å². The molecule has 0 bridgehead atoms. The van der Waals surface area contributed by atoms with Crippen molar-refractivity contribution < 1.29 is 4.79 Å². The van der Waals surface area contributed by atoms with E-state index in [0.29, 0.717) is 10.6 Å². The van der Waals surface area contributed by atoms with E-state index in [4.69, 9.17) is 34.0 Å². The van der Waals surface area contributed by atoms with Crippen molar-refractivity contribution in [1.82, 2.24) is 20.3 Å². The van der Waals surface area contributed by atoms with Crippen molar-refractivity contribution in [2.45, 2.75) is 34.6 Å². The highest BCUT2D eigenvalue weighted by atomic mass is 35.5. The number of nitrogens with one attached hydrogen (secondary N) is 2. The molecule has 1 aromatic heterocycles. The molecular formula is C27H29ClN6OS. The smallest absolute Gasteiger partial charge is 0.257 e. The van der Waals surface area contributed by atoms with E-state index in [9.17, 15) is 4.79 Å². The topological polar surface area (TPSA) is 75.1 Å². The summed E-state index contributed by atoms with van der Waals surface area (Å²) in [7, 11) is 0. The van der Waals surface area contributed by atoms with Gasteiger partial charge in [-0.3, -0.25) is 10.1 Å². The lowest BCUT2D eigenvalue weighted by atomic mass is 10.1. The van der Waals surface area contributed by atoms with Crippen LogP contribution in [-0.4, -0.2) is 39.1 Å². The van der Waals surface area contributed by atoms with E-state index in [-0.39, 0.29) is 11.0 Å². The molecule has 3 aromatic carbocycles. The van der Waals surface area contributed by atoms with Gasteiger partial charge < -0.3 is 10.2 Å². The minimum Gasteiger partial charge on any atom is -0.372 e. The fourth-order valence-corrected chi connectivity index (χ4v) is 4.41. The van der Waals surface area contributed by atoms with Gasteiger partial charge in [0.15, 0.2) is 5.11 Å². The number of aromatic nitrogens is 3. The van der Waals surface area contributed by atoms with Crippen molar-refractivity contribution in [1.29, 1.82) is 0 Å². The van der Waals surface area contributed by atoms with Gasteiger partial charge in [0.2, 0.25) is 0 Å². The predicted molar refractivity (Wildman–Crippen MR) is 152 cm³/mol. The van der Waals surface area contributed by atoms with E-state index >= 15 is 0 Å². The Hall–Kier alpha value is -3.49. The summed E-state index contributed by atoms with van der Waals surface area (Å²) < 4.78 is 0. The predicted octanol–water partition coefficient (Wildman–Crippen LogP) is 5.97. The van der Waals surface area contributed by atoms with Crippen molar-refractivity contribution in [3.8, 4) is 5.69 Å². The molecule has 4 aromatic rings. The summed E-state index contributed by atoms with van der Waals surface area (Å²) in [5, 5.41) is 15.9. The normalized spacial score (nSPS) is 10.9. The Balaban J connectivity index is 1.54. The van der Waals surface area contributed by atoms with Crippen LogP contribution in [0.3, 0.4) is 0 Å². The Bertz CT molecular complexity index is 1460. The van der Waals surface area contributed by atoms with Crippen LogP contribution >= 0.6 is 23.8 Å². The standard InChI is InChI=1S/C27H29ClN6OS/c1-6-33(7-2)20-10-11-25(18(5)12-20)34-31-23-13-17(4)22(15-24(23)32-34)29-27(36)30-26(35)19-9-8-16(3)21(28)14-19/h8-15H,6-7H2,1-5H3,(H2,29,30,35,36). The van der Waals surface area contributed by atoms with Crippen LogP contribution < -0.4 is 15.5 Å². The fourth-order valence-electron chi connectivity index (χ4n) is 4.02. The maximum absolute atomic E-state index is 12.6. The highest BCUT2D eigenvalue weighted by Crippen LogP contribution is 2.25. The highest BCUT2D eigenvalue weighted by Gasteiger charge is 2.14. The number of benzene rings is 3. The summed E-state index contributed by atoms with van der Waals surface area (Å²) in [6, 6.07) is 15.3.